The monoisotopic (exact) mass is 225 g/mol. The van der Waals surface area contributed by atoms with Crippen LogP contribution in [0, 0.1) is 0 Å². The van der Waals surface area contributed by atoms with E-state index in [2.05, 4.69) is 30.5 Å². The Hall–Kier alpha value is -0.870. The van der Waals surface area contributed by atoms with Crippen LogP contribution in [-0.2, 0) is 17.8 Å². The van der Waals surface area contributed by atoms with Gasteiger partial charge in [0.05, 0.1) is 12.8 Å². The predicted octanol–water partition coefficient (Wildman–Crippen LogP) is 1.81. The number of nitrogens with one attached hydrogen (secondary N) is 1. The lowest BCUT2D eigenvalue weighted by atomic mass is 10.2. The highest BCUT2D eigenvalue weighted by atomic mass is 16.5. The highest BCUT2D eigenvalue weighted by Crippen LogP contribution is 2.01. The molecule has 1 atom stereocenters. The van der Waals surface area contributed by atoms with Gasteiger partial charge in [0.2, 0.25) is 0 Å². The molecule has 0 bridgehead atoms. The largest absolute Gasteiger partial charge is 0.383 e. The molecule has 0 aliphatic rings. The van der Waals surface area contributed by atoms with Crippen LogP contribution in [0.5, 0.6) is 0 Å². The first-order valence-corrected chi connectivity index (χ1v) is 6.03. The SMILES string of the molecule is CCCC(COC)NCc1cnn(CC)c1. The molecule has 4 heteroatoms. The average Bonchev–Trinajstić information content (AvgIpc) is 2.74. The van der Waals surface area contributed by atoms with Crippen LogP contribution in [-0.4, -0.2) is 29.5 Å². The lowest BCUT2D eigenvalue weighted by Crippen LogP contribution is -2.32. The Labute approximate surface area is 98.0 Å². The number of hydrogen-bond acceptors (Lipinski definition) is 3. The maximum atomic E-state index is 5.19. The zero-order valence-corrected chi connectivity index (χ0v) is 10.6. The van der Waals surface area contributed by atoms with Gasteiger partial charge < -0.3 is 10.1 Å². The van der Waals surface area contributed by atoms with Crippen molar-refractivity contribution >= 4 is 0 Å². The summed E-state index contributed by atoms with van der Waals surface area (Å²) in [5, 5.41) is 7.75. The van der Waals surface area contributed by atoms with Crippen LogP contribution in [0.2, 0.25) is 0 Å². The van der Waals surface area contributed by atoms with Crippen molar-refractivity contribution in [3.63, 3.8) is 0 Å². The van der Waals surface area contributed by atoms with Gasteiger partial charge >= 0.3 is 0 Å². The van der Waals surface area contributed by atoms with Gasteiger partial charge in [-0.25, -0.2) is 0 Å². The van der Waals surface area contributed by atoms with Gasteiger partial charge in [-0.05, 0) is 13.3 Å². The second-order valence-electron chi connectivity index (χ2n) is 4.03. The van der Waals surface area contributed by atoms with Crippen molar-refractivity contribution in [2.24, 2.45) is 0 Å². The summed E-state index contributed by atoms with van der Waals surface area (Å²) in [6, 6.07) is 0.444. The summed E-state index contributed by atoms with van der Waals surface area (Å²) < 4.78 is 7.13. The minimum absolute atomic E-state index is 0.444. The molecule has 0 aromatic carbocycles. The van der Waals surface area contributed by atoms with Crippen molar-refractivity contribution in [1.82, 2.24) is 15.1 Å². The number of methoxy groups -OCH3 is 1. The smallest absolute Gasteiger partial charge is 0.0615 e. The Morgan fingerprint density at radius 2 is 2.31 bits per heavy atom. The van der Waals surface area contributed by atoms with Crippen molar-refractivity contribution in [2.45, 2.75) is 45.8 Å². The second-order valence-corrected chi connectivity index (χ2v) is 4.03. The topological polar surface area (TPSA) is 39.1 Å². The molecule has 1 aromatic rings. The van der Waals surface area contributed by atoms with E-state index >= 15 is 0 Å². The standard InChI is InChI=1S/C12H23N3O/c1-4-6-12(10-16-3)13-7-11-8-14-15(5-2)9-11/h8-9,12-13H,4-7,10H2,1-3H3. The summed E-state index contributed by atoms with van der Waals surface area (Å²) in [7, 11) is 1.75. The van der Waals surface area contributed by atoms with E-state index in [0.29, 0.717) is 6.04 Å². The van der Waals surface area contributed by atoms with Gasteiger partial charge in [0, 0.05) is 38.0 Å². The molecule has 1 N–H and O–H groups in total. The Morgan fingerprint density at radius 1 is 1.50 bits per heavy atom. The molecule has 0 aliphatic heterocycles. The van der Waals surface area contributed by atoms with Gasteiger partial charge in [-0.2, -0.15) is 5.10 Å². The minimum Gasteiger partial charge on any atom is -0.383 e. The lowest BCUT2D eigenvalue weighted by Gasteiger charge is -2.16. The zero-order chi connectivity index (χ0) is 11.8. The van der Waals surface area contributed by atoms with E-state index in [9.17, 15) is 0 Å². The van der Waals surface area contributed by atoms with Crippen LogP contribution in [0.25, 0.3) is 0 Å². The normalized spacial score (nSPS) is 12.9. The van der Waals surface area contributed by atoms with Crippen molar-refractivity contribution in [1.29, 1.82) is 0 Å². The first kappa shape index (κ1) is 13.2. The highest BCUT2D eigenvalue weighted by Gasteiger charge is 2.06. The fraction of sp³-hybridized carbons (Fsp3) is 0.750. The van der Waals surface area contributed by atoms with E-state index in [-0.39, 0.29) is 0 Å². The van der Waals surface area contributed by atoms with Crippen LogP contribution in [0.4, 0.5) is 0 Å². The van der Waals surface area contributed by atoms with Crippen molar-refractivity contribution in [3.8, 4) is 0 Å². The van der Waals surface area contributed by atoms with Crippen molar-refractivity contribution < 1.29 is 4.74 Å². The Balaban J connectivity index is 2.35. The first-order chi connectivity index (χ1) is 7.80. The van der Waals surface area contributed by atoms with Crippen LogP contribution in [0.1, 0.15) is 32.3 Å². The molecule has 0 fully saturated rings. The molecule has 0 radical (unpaired) electrons. The number of rotatable bonds is 8. The van der Waals surface area contributed by atoms with Gasteiger partial charge in [-0.3, -0.25) is 4.68 Å². The quantitative estimate of drug-likeness (QED) is 0.733. The Bertz CT molecular complexity index is 280. The molecule has 1 unspecified atom stereocenters. The van der Waals surface area contributed by atoms with Crippen LogP contribution in [0.15, 0.2) is 12.4 Å². The zero-order valence-electron chi connectivity index (χ0n) is 10.6. The molecule has 1 aromatic heterocycles. The number of aryl methyl sites for hydroxylation is 1. The summed E-state index contributed by atoms with van der Waals surface area (Å²) in [5.41, 5.74) is 1.24. The van der Waals surface area contributed by atoms with Gasteiger partial charge in [0.25, 0.3) is 0 Å². The fourth-order valence-corrected chi connectivity index (χ4v) is 1.73. The third kappa shape index (κ3) is 4.33. The third-order valence-corrected chi connectivity index (χ3v) is 2.61. The number of nitrogens with zero attached hydrogens (tertiary/aromatic N) is 2. The van der Waals surface area contributed by atoms with E-state index in [1.807, 2.05) is 10.9 Å². The van der Waals surface area contributed by atoms with Crippen molar-refractivity contribution in [2.75, 3.05) is 13.7 Å². The summed E-state index contributed by atoms with van der Waals surface area (Å²) in [6.07, 6.45) is 6.33. The molecule has 0 spiro atoms. The molecule has 0 saturated carbocycles. The molecular weight excluding hydrogens is 202 g/mol. The molecule has 1 heterocycles. The van der Waals surface area contributed by atoms with Gasteiger partial charge in [0.1, 0.15) is 0 Å². The molecule has 4 nitrogen and oxygen atoms in total. The molecule has 0 amide bonds. The minimum atomic E-state index is 0.444. The molecule has 0 aliphatic carbocycles. The fourth-order valence-electron chi connectivity index (χ4n) is 1.73. The van der Waals surface area contributed by atoms with E-state index in [0.717, 1.165) is 26.1 Å². The third-order valence-electron chi connectivity index (χ3n) is 2.61. The maximum Gasteiger partial charge on any atom is 0.0615 e. The molecule has 16 heavy (non-hydrogen) atoms. The van der Waals surface area contributed by atoms with E-state index in [4.69, 9.17) is 4.74 Å². The van der Waals surface area contributed by atoms with Gasteiger partial charge in [0.15, 0.2) is 0 Å². The molecular formula is C12H23N3O. The van der Waals surface area contributed by atoms with E-state index in [1.54, 1.807) is 7.11 Å². The van der Waals surface area contributed by atoms with Crippen molar-refractivity contribution in [3.05, 3.63) is 18.0 Å². The average molecular weight is 225 g/mol. The van der Waals surface area contributed by atoms with Crippen LogP contribution < -0.4 is 5.32 Å². The summed E-state index contributed by atoms with van der Waals surface area (Å²) in [6.45, 7) is 6.86. The van der Waals surface area contributed by atoms with E-state index < -0.39 is 0 Å². The van der Waals surface area contributed by atoms with E-state index in [1.165, 1.54) is 12.0 Å². The van der Waals surface area contributed by atoms with Crippen LogP contribution >= 0.6 is 0 Å². The first-order valence-electron chi connectivity index (χ1n) is 6.03. The lowest BCUT2D eigenvalue weighted by molar-refractivity contribution is 0.161. The summed E-state index contributed by atoms with van der Waals surface area (Å²) in [5.74, 6) is 0. The number of hydrogen-bond donors (Lipinski definition) is 1. The Kier molecular flexibility index (Phi) is 6.11. The van der Waals surface area contributed by atoms with Crippen LogP contribution in [0.3, 0.4) is 0 Å². The summed E-state index contributed by atoms with van der Waals surface area (Å²) >= 11 is 0. The molecule has 1 rings (SSSR count). The van der Waals surface area contributed by atoms with Gasteiger partial charge in [-0.1, -0.05) is 13.3 Å². The summed E-state index contributed by atoms with van der Waals surface area (Å²) in [4.78, 5) is 0. The number of ether oxygens (including phenoxy) is 1. The number of aromatic nitrogens is 2. The van der Waals surface area contributed by atoms with Gasteiger partial charge in [-0.15, -0.1) is 0 Å². The molecule has 92 valence electrons. The second kappa shape index (κ2) is 7.41. The Morgan fingerprint density at radius 3 is 2.88 bits per heavy atom. The predicted molar refractivity (Wildman–Crippen MR) is 65.3 cm³/mol. The maximum absolute atomic E-state index is 5.19. The molecule has 0 saturated heterocycles. The highest BCUT2D eigenvalue weighted by molar-refractivity contribution is 5.03.